The normalized spacial score (nSPS) is 10.9. The molecule has 156 valence electrons. The number of carbonyl (C=O) groups excluding carboxylic acids is 1. The molecule has 3 nitrogen and oxygen atoms in total. The van der Waals surface area contributed by atoms with Crippen molar-refractivity contribution in [3.05, 3.63) is 107 Å². The number of esters is 1. The molecule has 3 aromatic carbocycles. The molecule has 0 saturated carbocycles. The molecule has 0 aliphatic rings. The number of pyridine rings is 1. The predicted molar refractivity (Wildman–Crippen MR) is 131 cm³/mol. The van der Waals surface area contributed by atoms with E-state index in [-0.39, 0.29) is 5.97 Å². The number of carbonyl (C=O) groups is 1. The molecule has 0 N–H and O–H groups in total. The van der Waals surface area contributed by atoms with Gasteiger partial charge in [0.25, 0.3) is 0 Å². The summed E-state index contributed by atoms with van der Waals surface area (Å²) in [4.78, 5) is 19.2. The van der Waals surface area contributed by atoms with Crippen LogP contribution in [0.25, 0.3) is 32.6 Å². The third-order valence-electron chi connectivity index (χ3n) is 5.41. The fourth-order valence-corrected chi connectivity index (χ4v) is 4.59. The molecule has 0 unspecified atom stereocenters. The Hall–Kier alpha value is -3.76. The Kier molecular flexibility index (Phi) is 5.29. The Morgan fingerprint density at radius 2 is 1.59 bits per heavy atom. The van der Waals surface area contributed by atoms with Gasteiger partial charge in [-0.2, -0.15) is 0 Å². The lowest BCUT2D eigenvalue weighted by Crippen LogP contribution is -2.10. The highest BCUT2D eigenvalue weighted by Crippen LogP contribution is 2.31. The Balaban J connectivity index is 1.53. The highest BCUT2D eigenvalue weighted by Gasteiger charge is 2.18. The zero-order valence-corrected chi connectivity index (χ0v) is 18.6. The van der Waals surface area contributed by atoms with Crippen molar-refractivity contribution in [2.24, 2.45) is 0 Å². The molecule has 0 aliphatic carbocycles. The van der Waals surface area contributed by atoms with Crippen molar-refractivity contribution in [1.82, 2.24) is 4.98 Å². The molecular weight excluding hydrogens is 414 g/mol. The summed E-state index contributed by atoms with van der Waals surface area (Å²) in [7, 11) is 0. The van der Waals surface area contributed by atoms with E-state index < -0.39 is 0 Å². The number of ether oxygens (including phenoxy) is 1. The maximum atomic E-state index is 13.3. The van der Waals surface area contributed by atoms with E-state index in [0.717, 1.165) is 43.7 Å². The number of hydrogen-bond acceptors (Lipinski definition) is 4. The molecular formula is C28H21NO2S. The van der Waals surface area contributed by atoms with Gasteiger partial charge in [-0.1, -0.05) is 60.2 Å². The Morgan fingerprint density at radius 1 is 0.844 bits per heavy atom. The van der Waals surface area contributed by atoms with Gasteiger partial charge in [0.05, 0.1) is 21.7 Å². The second kappa shape index (κ2) is 8.40. The first-order valence-corrected chi connectivity index (χ1v) is 11.3. The zero-order chi connectivity index (χ0) is 22.1. The van der Waals surface area contributed by atoms with Crippen LogP contribution in [0.5, 0.6) is 5.75 Å². The van der Waals surface area contributed by atoms with Crippen LogP contribution in [0.15, 0.2) is 90.3 Å². The first kappa shape index (κ1) is 20.2. The van der Waals surface area contributed by atoms with Gasteiger partial charge in [-0.3, -0.25) is 0 Å². The maximum absolute atomic E-state index is 13.3. The van der Waals surface area contributed by atoms with Gasteiger partial charge >= 0.3 is 5.97 Å². The van der Waals surface area contributed by atoms with E-state index in [1.165, 1.54) is 0 Å². The standard InChI is InChI=1S/C28H21NO2S/c1-18-15-19(2)27-23(16-18)24(17-25(29-27)26-9-6-14-32-26)28(30)31-22-12-10-21(11-13-22)20-7-4-3-5-8-20/h3-17H,1-2H3. The summed E-state index contributed by atoms with van der Waals surface area (Å²) in [6.07, 6.45) is 0. The van der Waals surface area contributed by atoms with Crippen LogP contribution in [-0.2, 0) is 0 Å². The van der Waals surface area contributed by atoms with Gasteiger partial charge in [0.1, 0.15) is 5.75 Å². The van der Waals surface area contributed by atoms with E-state index in [0.29, 0.717) is 11.3 Å². The minimum absolute atomic E-state index is 0.382. The van der Waals surface area contributed by atoms with Gasteiger partial charge in [-0.05, 0) is 66.2 Å². The lowest BCUT2D eigenvalue weighted by Gasteiger charge is -2.12. The molecule has 32 heavy (non-hydrogen) atoms. The van der Waals surface area contributed by atoms with E-state index in [1.54, 1.807) is 11.3 Å². The number of aryl methyl sites for hydroxylation is 2. The number of hydrogen-bond donors (Lipinski definition) is 0. The molecule has 0 amide bonds. The summed E-state index contributed by atoms with van der Waals surface area (Å²) in [5.74, 6) is 0.134. The average Bonchev–Trinajstić information content (AvgIpc) is 3.35. The number of thiophene rings is 1. The van der Waals surface area contributed by atoms with Crippen molar-refractivity contribution in [3.8, 4) is 27.4 Å². The maximum Gasteiger partial charge on any atom is 0.344 e. The Morgan fingerprint density at radius 3 is 2.31 bits per heavy atom. The fraction of sp³-hybridized carbons (Fsp3) is 0.0714. The molecule has 0 bridgehead atoms. The molecule has 5 rings (SSSR count). The van der Waals surface area contributed by atoms with Gasteiger partial charge in [0.15, 0.2) is 0 Å². The number of aromatic nitrogens is 1. The second-order valence-corrected chi connectivity index (χ2v) is 8.74. The van der Waals surface area contributed by atoms with Crippen LogP contribution < -0.4 is 4.74 Å². The number of benzene rings is 3. The van der Waals surface area contributed by atoms with Gasteiger partial charge in [0.2, 0.25) is 0 Å². The van der Waals surface area contributed by atoms with Gasteiger partial charge < -0.3 is 4.74 Å². The Labute approximate surface area is 191 Å². The number of fused-ring (bicyclic) bond motifs is 1. The van der Waals surface area contributed by atoms with Gasteiger partial charge in [0, 0.05) is 5.39 Å². The molecule has 2 aromatic heterocycles. The SMILES string of the molecule is Cc1cc(C)c2nc(-c3cccs3)cc(C(=O)Oc3ccc(-c4ccccc4)cc3)c2c1. The minimum Gasteiger partial charge on any atom is -0.423 e. The number of nitrogens with zero attached hydrogens (tertiary/aromatic N) is 1. The van der Waals surface area contributed by atoms with Crippen LogP contribution in [0, 0.1) is 13.8 Å². The fourth-order valence-electron chi connectivity index (χ4n) is 3.91. The van der Waals surface area contributed by atoms with Crippen LogP contribution in [0.4, 0.5) is 0 Å². The van der Waals surface area contributed by atoms with E-state index in [9.17, 15) is 4.79 Å². The van der Waals surface area contributed by atoms with E-state index >= 15 is 0 Å². The lowest BCUT2D eigenvalue weighted by atomic mass is 10.0. The third-order valence-corrected chi connectivity index (χ3v) is 6.31. The third kappa shape index (κ3) is 3.93. The molecule has 0 fully saturated rings. The molecule has 0 aliphatic heterocycles. The van der Waals surface area contributed by atoms with Crippen molar-refractivity contribution in [2.45, 2.75) is 13.8 Å². The van der Waals surface area contributed by atoms with Gasteiger partial charge in [-0.15, -0.1) is 11.3 Å². The van der Waals surface area contributed by atoms with Crippen molar-refractivity contribution in [2.75, 3.05) is 0 Å². The summed E-state index contributed by atoms with van der Waals surface area (Å²) in [5, 5.41) is 2.82. The molecule has 0 radical (unpaired) electrons. The second-order valence-electron chi connectivity index (χ2n) is 7.79. The van der Waals surface area contributed by atoms with Crippen molar-refractivity contribution < 1.29 is 9.53 Å². The largest absolute Gasteiger partial charge is 0.423 e. The smallest absolute Gasteiger partial charge is 0.344 e. The summed E-state index contributed by atoms with van der Waals surface area (Å²) < 4.78 is 5.79. The molecule has 0 spiro atoms. The first-order valence-electron chi connectivity index (χ1n) is 10.4. The van der Waals surface area contributed by atoms with E-state index in [1.807, 2.05) is 86.0 Å². The summed E-state index contributed by atoms with van der Waals surface area (Å²) in [6, 6.07) is 27.7. The quantitative estimate of drug-likeness (QED) is 0.217. The Bertz CT molecular complexity index is 1410. The summed E-state index contributed by atoms with van der Waals surface area (Å²) in [5.41, 5.74) is 6.46. The van der Waals surface area contributed by atoms with E-state index in [2.05, 4.69) is 18.2 Å². The van der Waals surface area contributed by atoms with Crippen LogP contribution >= 0.6 is 11.3 Å². The van der Waals surface area contributed by atoms with Crippen LogP contribution in [-0.4, -0.2) is 11.0 Å². The average molecular weight is 436 g/mol. The molecule has 0 saturated heterocycles. The first-order chi connectivity index (χ1) is 15.6. The van der Waals surface area contributed by atoms with Crippen LogP contribution in [0.1, 0.15) is 21.5 Å². The molecule has 0 atom stereocenters. The number of rotatable bonds is 4. The topological polar surface area (TPSA) is 39.2 Å². The summed E-state index contributed by atoms with van der Waals surface area (Å²) >= 11 is 1.60. The minimum atomic E-state index is -0.382. The molecule has 4 heteroatoms. The molecule has 5 aromatic rings. The van der Waals surface area contributed by atoms with Crippen molar-refractivity contribution in [3.63, 3.8) is 0 Å². The van der Waals surface area contributed by atoms with Crippen LogP contribution in [0.3, 0.4) is 0 Å². The monoisotopic (exact) mass is 435 g/mol. The highest BCUT2D eigenvalue weighted by molar-refractivity contribution is 7.13. The zero-order valence-electron chi connectivity index (χ0n) is 17.8. The predicted octanol–water partition coefficient (Wildman–Crippen LogP) is 7.47. The van der Waals surface area contributed by atoms with Gasteiger partial charge in [-0.25, -0.2) is 9.78 Å². The molecule has 2 heterocycles. The van der Waals surface area contributed by atoms with Crippen molar-refractivity contribution >= 4 is 28.2 Å². The van der Waals surface area contributed by atoms with Crippen molar-refractivity contribution in [1.29, 1.82) is 0 Å². The van der Waals surface area contributed by atoms with Crippen LogP contribution in [0.2, 0.25) is 0 Å². The van der Waals surface area contributed by atoms with E-state index in [4.69, 9.17) is 9.72 Å². The lowest BCUT2D eigenvalue weighted by molar-refractivity contribution is 0.0737. The highest BCUT2D eigenvalue weighted by atomic mass is 32.1. The summed E-state index contributed by atoms with van der Waals surface area (Å²) in [6.45, 7) is 4.05.